The highest BCUT2D eigenvalue weighted by Crippen LogP contribution is 2.17. The van der Waals surface area contributed by atoms with Crippen LogP contribution in [0.3, 0.4) is 0 Å². The van der Waals surface area contributed by atoms with Gasteiger partial charge in [-0.2, -0.15) is 5.10 Å². The Balaban J connectivity index is 1.41. The Morgan fingerprint density at radius 3 is 2.59 bits per heavy atom. The molecule has 0 radical (unpaired) electrons. The number of nitrogens with zero attached hydrogens (tertiary/aromatic N) is 5. The molecule has 1 fully saturated rings. The van der Waals surface area contributed by atoms with Crippen LogP contribution in [0.5, 0.6) is 0 Å². The second kappa shape index (κ2) is 7.51. The van der Waals surface area contributed by atoms with Gasteiger partial charge in [0, 0.05) is 43.9 Å². The molecule has 0 atom stereocenters. The van der Waals surface area contributed by atoms with Crippen LogP contribution in [-0.2, 0) is 13.1 Å². The predicted molar refractivity (Wildman–Crippen MR) is 87.4 cm³/mol. The van der Waals surface area contributed by atoms with Crippen LogP contribution >= 0.6 is 0 Å². The number of likely N-dealkylation sites (tertiary alicyclic amines) is 1. The van der Waals surface area contributed by atoms with E-state index in [0.717, 1.165) is 19.6 Å². The molecule has 0 spiro atoms. The van der Waals surface area contributed by atoms with E-state index in [1.165, 1.54) is 31.5 Å². The highest BCUT2D eigenvalue weighted by atomic mass is 15.3. The van der Waals surface area contributed by atoms with Crippen molar-refractivity contribution in [1.82, 2.24) is 24.6 Å². The summed E-state index contributed by atoms with van der Waals surface area (Å²) in [5.41, 5.74) is 1.35. The maximum absolute atomic E-state index is 4.27. The second-order valence-electron chi connectivity index (χ2n) is 6.11. The zero-order chi connectivity index (χ0) is 15.2. The minimum Gasteiger partial charge on any atom is -0.301 e. The first-order valence-electron chi connectivity index (χ1n) is 8.10. The molecule has 118 valence electrons. The zero-order valence-electron chi connectivity index (χ0n) is 13.3. The molecule has 0 N–H and O–H groups in total. The molecule has 0 aromatic carbocycles. The van der Waals surface area contributed by atoms with Crippen LogP contribution in [0.25, 0.3) is 0 Å². The number of aromatic nitrogens is 3. The van der Waals surface area contributed by atoms with Crippen molar-refractivity contribution < 1.29 is 0 Å². The van der Waals surface area contributed by atoms with E-state index < -0.39 is 0 Å². The molecular formula is C17H25N5. The van der Waals surface area contributed by atoms with Crippen molar-refractivity contribution in [3.8, 4) is 0 Å². The molecule has 1 aliphatic rings. The molecule has 0 bridgehead atoms. The Morgan fingerprint density at radius 2 is 1.91 bits per heavy atom. The van der Waals surface area contributed by atoms with Crippen molar-refractivity contribution in [2.24, 2.45) is 0 Å². The Bertz CT molecular complexity index is 531. The number of rotatable bonds is 6. The van der Waals surface area contributed by atoms with Gasteiger partial charge in [0.2, 0.25) is 0 Å². The molecule has 22 heavy (non-hydrogen) atoms. The average Bonchev–Trinajstić information content (AvgIpc) is 3.08. The molecule has 2 aromatic rings. The third-order valence-electron chi connectivity index (χ3n) is 4.57. The van der Waals surface area contributed by atoms with E-state index in [1.807, 2.05) is 35.5 Å². The van der Waals surface area contributed by atoms with E-state index in [1.54, 1.807) is 0 Å². The summed E-state index contributed by atoms with van der Waals surface area (Å²) in [4.78, 5) is 9.12. The van der Waals surface area contributed by atoms with E-state index in [2.05, 4.69) is 39.1 Å². The molecule has 2 aromatic heterocycles. The summed E-state index contributed by atoms with van der Waals surface area (Å²) in [6.45, 7) is 5.48. The highest BCUT2D eigenvalue weighted by molar-refractivity contribution is 5.09. The monoisotopic (exact) mass is 299 g/mol. The Kier molecular flexibility index (Phi) is 5.19. The largest absolute Gasteiger partial charge is 0.301 e. The van der Waals surface area contributed by atoms with Gasteiger partial charge in [-0.15, -0.1) is 0 Å². The molecule has 3 rings (SSSR count). The molecule has 0 aliphatic carbocycles. The van der Waals surface area contributed by atoms with Gasteiger partial charge in [0.15, 0.2) is 0 Å². The smallest absolute Gasteiger partial charge is 0.0536 e. The van der Waals surface area contributed by atoms with Crippen LogP contribution in [0.4, 0.5) is 0 Å². The lowest BCUT2D eigenvalue weighted by atomic mass is 10.0. The van der Waals surface area contributed by atoms with E-state index >= 15 is 0 Å². The number of hydrogen-bond donors (Lipinski definition) is 0. The SMILES string of the molecule is CN(Cc1ccncc1)C1CCN(CCn2cccn2)CC1. The topological polar surface area (TPSA) is 37.2 Å². The van der Waals surface area contributed by atoms with E-state index in [4.69, 9.17) is 0 Å². The Hall–Kier alpha value is -1.72. The van der Waals surface area contributed by atoms with Crippen LogP contribution in [0.2, 0.25) is 0 Å². The lowest BCUT2D eigenvalue weighted by Crippen LogP contribution is -2.43. The van der Waals surface area contributed by atoms with E-state index in [-0.39, 0.29) is 0 Å². The van der Waals surface area contributed by atoms with Gasteiger partial charge in [-0.25, -0.2) is 0 Å². The van der Waals surface area contributed by atoms with Gasteiger partial charge in [-0.05, 0) is 56.7 Å². The Morgan fingerprint density at radius 1 is 1.14 bits per heavy atom. The van der Waals surface area contributed by atoms with Gasteiger partial charge in [0.25, 0.3) is 0 Å². The van der Waals surface area contributed by atoms with E-state index in [9.17, 15) is 0 Å². The van der Waals surface area contributed by atoms with Gasteiger partial charge < -0.3 is 4.90 Å². The van der Waals surface area contributed by atoms with Gasteiger partial charge in [-0.1, -0.05) is 0 Å². The molecule has 0 unspecified atom stereocenters. The van der Waals surface area contributed by atoms with Crippen molar-refractivity contribution in [3.63, 3.8) is 0 Å². The number of pyridine rings is 1. The number of piperidine rings is 1. The highest BCUT2D eigenvalue weighted by Gasteiger charge is 2.22. The normalized spacial score (nSPS) is 17.2. The molecule has 5 nitrogen and oxygen atoms in total. The first-order chi connectivity index (χ1) is 10.8. The molecule has 5 heteroatoms. The molecular weight excluding hydrogens is 274 g/mol. The summed E-state index contributed by atoms with van der Waals surface area (Å²) < 4.78 is 2.02. The predicted octanol–water partition coefficient (Wildman–Crippen LogP) is 1.87. The van der Waals surface area contributed by atoms with Crippen LogP contribution in [0.15, 0.2) is 43.0 Å². The third kappa shape index (κ3) is 4.15. The van der Waals surface area contributed by atoms with Crippen molar-refractivity contribution in [2.75, 3.05) is 26.7 Å². The first-order valence-corrected chi connectivity index (χ1v) is 8.10. The van der Waals surface area contributed by atoms with Gasteiger partial charge in [0.1, 0.15) is 0 Å². The standard InChI is InChI=1S/C17H25N5/c1-20(15-16-3-8-18-9-4-16)17-5-11-21(12-6-17)13-14-22-10-2-7-19-22/h2-4,7-10,17H,5-6,11-15H2,1H3. The van der Waals surface area contributed by atoms with Crippen LogP contribution < -0.4 is 0 Å². The first kappa shape index (κ1) is 15.2. The van der Waals surface area contributed by atoms with Crippen LogP contribution in [-0.4, -0.2) is 57.3 Å². The maximum atomic E-state index is 4.27. The summed E-state index contributed by atoms with van der Waals surface area (Å²) in [6.07, 6.45) is 10.1. The summed E-state index contributed by atoms with van der Waals surface area (Å²) in [5.74, 6) is 0. The molecule has 3 heterocycles. The van der Waals surface area contributed by atoms with Gasteiger partial charge in [0.05, 0.1) is 6.54 Å². The summed E-state index contributed by atoms with van der Waals surface area (Å²) >= 11 is 0. The van der Waals surface area contributed by atoms with Crippen LogP contribution in [0, 0.1) is 0 Å². The van der Waals surface area contributed by atoms with E-state index in [0.29, 0.717) is 6.04 Å². The molecule has 1 aliphatic heterocycles. The minimum atomic E-state index is 0.689. The quantitative estimate of drug-likeness (QED) is 0.816. The van der Waals surface area contributed by atoms with Gasteiger partial charge >= 0.3 is 0 Å². The molecule has 0 amide bonds. The Labute approximate surface area is 132 Å². The average molecular weight is 299 g/mol. The fraction of sp³-hybridized carbons (Fsp3) is 0.529. The maximum Gasteiger partial charge on any atom is 0.0536 e. The third-order valence-corrected chi connectivity index (χ3v) is 4.57. The summed E-state index contributed by atoms with van der Waals surface area (Å²) in [6, 6.07) is 6.89. The fourth-order valence-corrected chi connectivity index (χ4v) is 3.17. The minimum absolute atomic E-state index is 0.689. The molecule has 1 saturated heterocycles. The lowest BCUT2D eigenvalue weighted by molar-refractivity contribution is 0.120. The lowest BCUT2D eigenvalue weighted by Gasteiger charge is -2.36. The van der Waals surface area contributed by atoms with Crippen molar-refractivity contribution in [3.05, 3.63) is 48.5 Å². The summed E-state index contributed by atoms with van der Waals surface area (Å²) in [5, 5.41) is 4.27. The second-order valence-corrected chi connectivity index (χ2v) is 6.11. The van der Waals surface area contributed by atoms with Gasteiger partial charge in [-0.3, -0.25) is 14.6 Å². The fourth-order valence-electron chi connectivity index (χ4n) is 3.17. The molecule has 0 saturated carbocycles. The van der Waals surface area contributed by atoms with Crippen LogP contribution in [0.1, 0.15) is 18.4 Å². The zero-order valence-corrected chi connectivity index (χ0v) is 13.3. The van der Waals surface area contributed by atoms with Crippen molar-refractivity contribution >= 4 is 0 Å². The van der Waals surface area contributed by atoms with Crippen molar-refractivity contribution in [1.29, 1.82) is 0 Å². The van der Waals surface area contributed by atoms with Crippen molar-refractivity contribution in [2.45, 2.75) is 32.0 Å². The number of hydrogen-bond acceptors (Lipinski definition) is 4. The summed E-state index contributed by atoms with van der Waals surface area (Å²) in [7, 11) is 2.24.